The zero-order valence-corrected chi connectivity index (χ0v) is 9.33. The first-order chi connectivity index (χ1) is 8.36. The molecule has 18 heavy (non-hydrogen) atoms. The lowest BCUT2D eigenvalue weighted by atomic mass is 10.2. The smallest absolute Gasteiger partial charge is 0.372 e. The Morgan fingerprint density at radius 1 is 0.722 bits per heavy atom. The van der Waals surface area contributed by atoms with E-state index in [0.29, 0.717) is 12.6 Å². The largest absolute Gasteiger partial charge is 0.476 e. The summed E-state index contributed by atoms with van der Waals surface area (Å²) in [5.41, 5.74) is 0. The minimum absolute atomic E-state index is 0.00880. The van der Waals surface area contributed by atoms with Crippen molar-refractivity contribution < 1.29 is 39.0 Å². The maximum atomic E-state index is 10.1. The molecule has 0 spiro atoms. The van der Waals surface area contributed by atoms with Crippen molar-refractivity contribution in [2.24, 2.45) is 0 Å². The molecule has 0 heterocycles. The number of carbonyl (C=O) groups excluding carboxylic acids is 4. The van der Waals surface area contributed by atoms with Crippen LogP contribution in [0.25, 0.3) is 0 Å². The fraction of sp³-hybridized carbons (Fsp3) is 0.400. The van der Waals surface area contributed by atoms with E-state index < -0.39 is 23.5 Å². The molecule has 0 aliphatic heterocycles. The second kappa shape index (κ2) is 11.1. The van der Waals surface area contributed by atoms with Gasteiger partial charge in [-0.25, -0.2) is 9.59 Å². The number of carbonyl (C=O) groups is 6. The summed E-state index contributed by atoms with van der Waals surface area (Å²) in [6.07, 6.45) is 0.621. The molecule has 0 aromatic rings. The molecular weight excluding hydrogens is 248 g/mol. The van der Waals surface area contributed by atoms with Gasteiger partial charge < -0.3 is 19.8 Å². The van der Waals surface area contributed by atoms with E-state index in [1.54, 1.807) is 0 Å². The second-order valence-electron chi connectivity index (χ2n) is 2.87. The number of Topliss-reactive ketones (excluding diaryl/α,β-unsaturated/α-hetero) is 2. The maximum Gasteiger partial charge on any atom is 0.372 e. The van der Waals surface area contributed by atoms with Gasteiger partial charge in [0.1, 0.15) is 12.6 Å². The van der Waals surface area contributed by atoms with Crippen LogP contribution in [-0.4, -0.2) is 46.3 Å². The molecule has 0 aliphatic rings. The van der Waals surface area contributed by atoms with Crippen LogP contribution in [0.4, 0.5) is 0 Å². The highest BCUT2D eigenvalue weighted by atomic mass is 16.4. The summed E-state index contributed by atoms with van der Waals surface area (Å²) in [6.45, 7) is 0. The molecule has 0 aromatic carbocycles. The van der Waals surface area contributed by atoms with Crippen LogP contribution in [0.1, 0.15) is 25.7 Å². The Labute approximate surface area is 102 Å². The normalized spacial score (nSPS) is 8.44. The van der Waals surface area contributed by atoms with Crippen molar-refractivity contribution >= 4 is 36.1 Å². The van der Waals surface area contributed by atoms with Crippen LogP contribution in [0.15, 0.2) is 0 Å². The van der Waals surface area contributed by atoms with Gasteiger partial charge in [0, 0.05) is 25.7 Å². The van der Waals surface area contributed by atoms with E-state index in [2.05, 4.69) is 0 Å². The molecule has 2 N–H and O–H groups in total. The van der Waals surface area contributed by atoms with Crippen molar-refractivity contribution in [3.8, 4) is 0 Å². The lowest BCUT2D eigenvalue weighted by Crippen LogP contribution is -2.11. The molecule has 0 rings (SSSR count). The summed E-state index contributed by atoms with van der Waals surface area (Å²) in [5, 5.41) is 15.9. The van der Waals surface area contributed by atoms with Gasteiger partial charge in [0.05, 0.1) is 0 Å². The molecule has 0 radical (unpaired) electrons. The molecule has 8 nitrogen and oxygen atoms in total. The SMILES string of the molecule is O=CCCC(=O)C(=O)O.O=CCCC(=O)C(=O)O. The molecule has 0 atom stereocenters. The van der Waals surface area contributed by atoms with E-state index in [1.165, 1.54) is 0 Å². The number of aliphatic carboxylic acids is 2. The van der Waals surface area contributed by atoms with Gasteiger partial charge in [-0.15, -0.1) is 0 Å². The van der Waals surface area contributed by atoms with Crippen molar-refractivity contribution in [2.45, 2.75) is 25.7 Å². The van der Waals surface area contributed by atoms with Crippen LogP contribution in [0, 0.1) is 0 Å². The van der Waals surface area contributed by atoms with E-state index in [1.807, 2.05) is 0 Å². The number of carboxylic acid groups (broad SMARTS) is 2. The van der Waals surface area contributed by atoms with Gasteiger partial charge in [-0.1, -0.05) is 0 Å². The third-order valence-electron chi connectivity index (χ3n) is 1.46. The molecule has 0 saturated heterocycles. The van der Waals surface area contributed by atoms with Crippen LogP contribution < -0.4 is 0 Å². The number of rotatable bonds is 8. The maximum absolute atomic E-state index is 10.1. The standard InChI is InChI=1S/2C5H6O4/c2*6-3-1-2-4(7)5(8)9/h2*3H,1-2H2,(H,8,9). The molecule has 0 amide bonds. The quantitative estimate of drug-likeness (QED) is 0.428. The Morgan fingerprint density at radius 3 is 1.17 bits per heavy atom. The fourth-order valence-corrected chi connectivity index (χ4v) is 0.594. The zero-order valence-electron chi connectivity index (χ0n) is 9.33. The Morgan fingerprint density at radius 2 is 1.00 bits per heavy atom. The van der Waals surface area contributed by atoms with Crippen molar-refractivity contribution in [3.05, 3.63) is 0 Å². The van der Waals surface area contributed by atoms with Gasteiger partial charge in [-0.3, -0.25) is 9.59 Å². The Hall–Kier alpha value is -2.38. The van der Waals surface area contributed by atoms with Crippen molar-refractivity contribution in [1.29, 1.82) is 0 Å². The van der Waals surface area contributed by atoms with E-state index in [9.17, 15) is 28.8 Å². The highest BCUT2D eigenvalue weighted by molar-refractivity contribution is 6.33. The van der Waals surface area contributed by atoms with Crippen molar-refractivity contribution in [2.75, 3.05) is 0 Å². The third kappa shape index (κ3) is 11.7. The monoisotopic (exact) mass is 260 g/mol. The predicted molar refractivity (Wildman–Crippen MR) is 55.9 cm³/mol. The number of hydrogen-bond donors (Lipinski definition) is 2. The van der Waals surface area contributed by atoms with Crippen molar-refractivity contribution in [1.82, 2.24) is 0 Å². The number of carboxylic acids is 2. The van der Waals surface area contributed by atoms with Gasteiger partial charge in [0.25, 0.3) is 0 Å². The molecule has 0 fully saturated rings. The topological polar surface area (TPSA) is 143 Å². The zero-order chi connectivity index (χ0) is 14.6. The van der Waals surface area contributed by atoms with E-state index >= 15 is 0 Å². The van der Waals surface area contributed by atoms with Gasteiger partial charge in [0.15, 0.2) is 0 Å². The average molecular weight is 260 g/mol. The summed E-state index contributed by atoms with van der Waals surface area (Å²) < 4.78 is 0. The second-order valence-corrected chi connectivity index (χ2v) is 2.87. The Balaban J connectivity index is 0. The van der Waals surface area contributed by atoms with Gasteiger partial charge in [0.2, 0.25) is 11.6 Å². The molecule has 0 aromatic heterocycles. The van der Waals surface area contributed by atoms with Gasteiger partial charge in [-0.2, -0.15) is 0 Å². The summed E-state index contributed by atoms with van der Waals surface area (Å²) in [4.78, 5) is 58.9. The van der Waals surface area contributed by atoms with Crippen LogP contribution in [0.3, 0.4) is 0 Å². The number of aldehydes is 2. The first-order valence-electron chi connectivity index (χ1n) is 4.76. The van der Waals surface area contributed by atoms with Gasteiger partial charge in [-0.05, 0) is 0 Å². The van der Waals surface area contributed by atoms with Crippen LogP contribution in [0.5, 0.6) is 0 Å². The molecule has 0 unspecified atom stereocenters. The van der Waals surface area contributed by atoms with E-state index in [-0.39, 0.29) is 25.7 Å². The Bertz CT molecular complexity index is 310. The van der Waals surface area contributed by atoms with Crippen LogP contribution in [0.2, 0.25) is 0 Å². The molecule has 0 saturated carbocycles. The van der Waals surface area contributed by atoms with Crippen LogP contribution >= 0.6 is 0 Å². The molecule has 100 valence electrons. The summed E-state index contributed by atoms with van der Waals surface area (Å²) in [6, 6.07) is 0. The lowest BCUT2D eigenvalue weighted by Gasteiger charge is -1.85. The first kappa shape index (κ1) is 18.0. The Kier molecular flexibility index (Phi) is 11.1. The summed E-state index contributed by atoms with van der Waals surface area (Å²) in [5.74, 6) is -4.78. The molecule has 0 bridgehead atoms. The first-order valence-corrected chi connectivity index (χ1v) is 4.76. The molecular formula is C10H12O8. The van der Waals surface area contributed by atoms with E-state index in [4.69, 9.17) is 10.2 Å². The summed E-state index contributed by atoms with van der Waals surface area (Å²) in [7, 11) is 0. The van der Waals surface area contributed by atoms with Gasteiger partial charge >= 0.3 is 11.9 Å². The summed E-state index contributed by atoms with van der Waals surface area (Å²) >= 11 is 0. The molecule has 8 heteroatoms. The average Bonchev–Trinajstić information content (AvgIpc) is 2.33. The third-order valence-corrected chi connectivity index (χ3v) is 1.46. The highest BCUT2D eigenvalue weighted by Crippen LogP contribution is 1.86. The predicted octanol–water partition coefficient (Wildman–Crippen LogP) is -0.762. The fourth-order valence-electron chi connectivity index (χ4n) is 0.594. The number of ketones is 2. The van der Waals surface area contributed by atoms with Crippen molar-refractivity contribution in [3.63, 3.8) is 0 Å². The lowest BCUT2D eigenvalue weighted by molar-refractivity contribution is -0.149. The minimum atomic E-state index is -1.48. The van der Waals surface area contributed by atoms with Crippen LogP contribution in [-0.2, 0) is 28.8 Å². The minimum Gasteiger partial charge on any atom is -0.476 e. The highest BCUT2D eigenvalue weighted by Gasteiger charge is 2.09. The molecule has 0 aliphatic carbocycles. The van der Waals surface area contributed by atoms with E-state index in [0.717, 1.165) is 0 Å². The number of hydrogen-bond acceptors (Lipinski definition) is 6.